The molecule has 1 unspecified atom stereocenters. The van der Waals surface area contributed by atoms with Gasteiger partial charge in [0.05, 0.1) is 22.7 Å². The second-order valence-electron chi connectivity index (χ2n) is 6.59. The molecular formula is C20H20ClN5S. The van der Waals surface area contributed by atoms with Crippen LogP contribution in [0.25, 0.3) is 10.2 Å². The number of nitrogens with one attached hydrogen (secondary N) is 1. The van der Waals surface area contributed by atoms with Gasteiger partial charge in [-0.1, -0.05) is 23.7 Å². The Bertz CT molecular complexity index is 1120. The van der Waals surface area contributed by atoms with Crippen molar-refractivity contribution in [2.24, 2.45) is 0 Å². The van der Waals surface area contributed by atoms with E-state index >= 15 is 0 Å². The first-order chi connectivity index (χ1) is 14.4. The van der Waals surface area contributed by atoms with E-state index in [4.69, 9.17) is 15.8 Å². The maximum absolute atomic E-state index is 9.25. The SMILES string of the molecule is [2H]c1c(Cl)sc2ncnc(N([2H])C3CCN(C([2H])c4ccc(C)c(C#N)c4)CC3)c12. The van der Waals surface area contributed by atoms with Gasteiger partial charge in [0.15, 0.2) is 1.41 Å². The molecule has 0 aliphatic carbocycles. The van der Waals surface area contributed by atoms with Gasteiger partial charge >= 0.3 is 0 Å². The van der Waals surface area contributed by atoms with E-state index in [1.54, 1.807) is 6.07 Å². The van der Waals surface area contributed by atoms with Gasteiger partial charge in [-0.25, -0.2) is 9.97 Å². The highest BCUT2D eigenvalue weighted by atomic mass is 35.5. The molecular weight excluding hydrogens is 378 g/mol. The molecule has 0 saturated carbocycles. The molecule has 1 aliphatic heterocycles. The third-order valence-corrected chi connectivity index (χ3v) is 5.83. The van der Waals surface area contributed by atoms with Crippen LogP contribution in [0.2, 0.25) is 5.75 Å². The summed E-state index contributed by atoms with van der Waals surface area (Å²) in [5, 5.41) is 11.1. The third-order valence-electron chi connectivity index (χ3n) is 4.72. The number of rotatable bonds is 4. The molecule has 0 amide bonds. The maximum Gasteiger partial charge on any atom is 0.162 e. The van der Waals surface area contributed by atoms with E-state index in [9.17, 15) is 5.26 Å². The van der Waals surface area contributed by atoms with Gasteiger partial charge in [-0.2, -0.15) is 5.26 Å². The highest BCUT2D eigenvalue weighted by Gasteiger charge is 2.20. The van der Waals surface area contributed by atoms with Crippen LogP contribution in [0.15, 0.2) is 30.6 Å². The third kappa shape index (κ3) is 4.06. The maximum atomic E-state index is 9.25. The van der Waals surface area contributed by atoms with Crippen molar-refractivity contribution in [2.75, 3.05) is 18.4 Å². The van der Waals surface area contributed by atoms with Crippen molar-refractivity contribution < 1.29 is 4.15 Å². The standard InChI is InChI=1S/C20H20ClN5S/c1-13-2-3-14(8-15(13)10-22)11-26-6-4-16(5-7-26)25-19-17-9-18(21)27-20(17)24-12-23-19/h2-3,8-9,12,16H,4-7,11H2,1H3,(H,23,24,25)/i9D,11D/hD. The first kappa shape index (κ1) is 14.8. The summed E-state index contributed by atoms with van der Waals surface area (Å²) < 4.78 is 25.8. The molecule has 7 heteroatoms. The second-order valence-corrected chi connectivity index (χ2v) is 8.19. The Kier molecular flexibility index (Phi) is 4.28. The Balaban J connectivity index is 1.48. The predicted octanol–water partition coefficient (Wildman–Crippen LogP) is 4.60. The van der Waals surface area contributed by atoms with Crippen LogP contribution in [0.4, 0.5) is 5.82 Å². The monoisotopic (exact) mass is 400 g/mol. The highest BCUT2D eigenvalue weighted by molar-refractivity contribution is 7.22. The van der Waals surface area contributed by atoms with Crippen LogP contribution in [-0.2, 0) is 6.52 Å². The molecule has 1 fully saturated rings. The fourth-order valence-electron chi connectivity index (χ4n) is 3.22. The number of aromatic nitrogens is 2. The van der Waals surface area contributed by atoms with Crippen molar-refractivity contribution in [3.63, 3.8) is 0 Å². The fraction of sp³-hybridized carbons (Fsp3) is 0.350. The largest absolute Gasteiger partial charge is 0.367 e. The number of thiophene rings is 1. The number of nitriles is 1. The molecule has 1 saturated heterocycles. The Morgan fingerprint density at radius 1 is 1.48 bits per heavy atom. The van der Waals surface area contributed by atoms with Crippen LogP contribution in [0.3, 0.4) is 0 Å². The number of likely N-dealkylation sites (tertiary alicyclic amines) is 1. The van der Waals surface area contributed by atoms with Crippen LogP contribution < -0.4 is 5.31 Å². The van der Waals surface area contributed by atoms with E-state index < -0.39 is 6.52 Å². The van der Waals surface area contributed by atoms with Gasteiger partial charge in [0.2, 0.25) is 0 Å². The second kappa shape index (κ2) is 7.81. The van der Waals surface area contributed by atoms with Crippen LogP contribution in [0.1, 0.15) is 32.3 Å². The van der Waals surface area contributed by atoms with Gasteiger partial charge < -0.3 is 5.31 Å². The van der Waals surface area contributed by atoms with Gasteiger partial charge in [-0.15, -0.1) is 11.3 Å². The number of hydrogen-bond acceptors (Lipinski definition) is 6. The van der Waals surface area contributed by atoms with E-state index in [1.165, 1.54) is 23.0 Å². The Morgan fingerprint density at radius 2 is 2.30 bits per heavy atom. The summed E-state index contributed by atoms with van der Waals surface area (Å²) in [4.78, 5) is 11.1. The van der Waals surface area contributed by atoms with E-state index in [-0.39, 0.29) is 12.1 Å². The Labute approximate surface area is 171 Å². The van der Waals surface area contributed by atoms with E-state index in [1.807, 2.05) is 19.1 Å². The molecule has 0 radical (unpaired) electrons. The molecule has 4 rings (SSSR count). The number of benzene rings is 1. The summed E-state index contributed by atoms with van der Waals surface area (Å²) in [7, 11) is 0. The van der Waals surface area contributed by atoms with Crippen LogP contribution in [0, 0.1) is 18.3 Å². The molecule has 0 spiro atoms. The quantitative estimate of drug-likeness (QED) is 0.693. The minimum atomic E-state index is -0.542. The molecule has 3 aromatic rings. The van der Waals surface area contributed by atoms with Crippen molar-refractivity contribution in [3.05, 3.63) is 51.6 Å². The molecule has 2 aromatic heterocycles. The topological polar surface area (TPSA) is 64.8 Å². The van der Waals surface area contributed by atoms with Crippen molar-refractivity contribution in [3.8, 4) is 6.07 Å². The molecule has 3 heterocycles. The van der Waals surface area contributed by atoms with Crippen LogP contribution >= 0.6 is 22.9 Å². The van der Waals surface area contributed by atoms with Crippen molar-refractivity contribution >= 4 is 39.0 Å². The summed E-state index contributed by atoms with van der Waals surface area (Å²) in [5.41, 5.74) is 2.32. The average molecular weight is 401 g/mol. The summed E-state index contributed by atoms with van der Waals surface area (Å²) in [6.07, 6.45) is 2.81. The number of nitrogens with zero attached hydrogens (tertiary/aromatic N) is 4. The summed E-state index contributed by atoms with van der Waals surface area (Å²) in [6, 6.07) is 7.87. The lowest BCUT2D eigenvalue weighted by Crippen LogP contribution is -2.38. The zero-order valence-electron chi connectivity index (χ0n) is 17.8. The normalized spacial score (nSPS) is 18.5. The van der Waals surface area contributed by atoms with Crippen molar-refractivity contribution in [2.45, 2.75) is 32.3 Å². The minimum absolute atomic E-state index is 0.0719. The molecule has 1 aromatic carbocycles. The lowest BCUT2D eigenvalue weighted by atomic mass is 10.0. The first-order valence-corrected chi connectivity index (χ1v) is 9.94. The molecule has 1 atom stereocenters. The van der Waals surface area contributed by atoms with E-state index in [0.29, 0.717) is 51.9 Å². The van der Waals surface area contributed by atoms with Gasteiger partial charge in [-0.05, 0) is 43.0 Å². The smallest absolute Gasteiger partial charge is 0.162 e. The zero-order chi connectivity index (χ0) is 21.4. The zero-order valence-corrected chi connectivity index (χ0v) is 16.4. The number of halogens is 1. The van der Waals surface area contributed by atoms with Crippen molar-refractivity contribution in [1.82, 2.24) is 14.9 Å². The van der Waals surface area contributed by atoms with Gasteiger partial charge in [0.1, 0.15) is 17.0 Å². The molecule has 5 nitrogen and oxygen atoms in total. The minimum Gasteiger partial charge on any atom is -0.367 e. The lowest BCUT2D eigenvalue weighted by Gasteiger charge is -2.32. The van der Waals surface area contributed by atoms with Gasteiger partial charge in [0, 0.05) is 27.0 Å². The number of aryl methyl sites for hydroxylation is 1. The molecule has 138 valence electrons. The number of piperidine rings is 1. The Morgan fingerprint density at radius 3 is 3.07 bits per heavy atom. The van der Waals surface area contributed by atoms with Crippen LogP contribution in [-0.4, -0.2) is 34.0 Å². The molecule has 1 aliphatic rings. The number of fused-ring (bicyclic) bond motifs is 1. The molecule has 0 bridgehead atoms. The summed E-state index contributed by atoms with van der Waals surface area (Å²) >= 11 is 7.32. The van der Waals surface area contributed by atoms with Gasteiger partial charge in [-0.3, -0.25) is 4.90 Å². The van der Waals surface area contributed by atoms with E-state index in [2.05, 4.69) is 20.9 Å². The van der Waals surface area contributed by atoms with E-state index in [0.717, 1.165) is 11.1 Å². The molecule has 27 heavy (non-hydrogen) atoms. The Hall–Kier alpha value is -2.20. The summed E-state index contributed by atoms with van der Waals surface area (Å²) in [5.74, 6) is 0.409. The summed E-state index contributed by atoms with van der Waals surface area (Å²) in [6.45, 7) is 2.68. The number of anilines is 1. The fourth-order valence-corrected chi connectivity index (χ4v) is 4.20. The predicted molar refractivity (Wildman–Crippen MR) is 110 cm³/mol. The van der Waals surface area contributed by atoms with Crippen molar-refractivity contribution in [1.29, 1.82) is 5.26 Å². The van der Waals surface area contributed by atoms with Crippen LogP contribution in [0.5, 0.6) is 0 Å². The molecule has 1 N–H and O–H groups in total. The first-order valence-electron chi connectivity index (χ1n) is 10.3. The lowest BCUT2D eigenvalue weighted by molar-refractivity contribution is 0.211. The average Bonchev–Trinajstić information content (AvgIpc) is 3.07. The number of hydrogen-bond donors (Lipinski definition) is 1. The van der Waals surface area contributed by atoms with Gasteiger partial charge in [0.25, 0.3) is 0 Å². The highest BCUT2D eigenvalue weighted by Crippen LogP contribution is 2.32.